The lowest BCUT2D eigenvalue weighted by molar-refractivity contribution is -0.132. The number of amides is 1. The van der Waals surface area contributed by atoms with Crippen molar-refractivity contribution in [1.29, 1.82) is 5.26 Å². The molecular formula is C21H30N4O. The van der Waals surface area contributed by atoms with Crippen LogP contribution >= 0.6 is 0 Å². The number of nitriles is 1. The molecule has 2 aliphatic rings. The highest BCUT2D eigenvalue weighted by Gasteiger charge is 2.37. The third-order valence-corrected chi connectivity index (χ3v) is 6.18. The molecule has 1 aromatic carbocycles. The maximum absolute atomic E-state index is 12.6. The van der Waals surface area contributed by atoms with Crippen LogP contribution in [0.4, 0.5) is 0 Å². The molecule has 1 unspecified atom stereocenters. The second kappa shape index (κ2) is 8.20. The summed E-state index contributed by atoms with van der Waals surface area (Å²) in [4.78, 5) is 19.2. The van der Waals surface area contributed by atoms with Gasteiger partial charge in [0.2, 0.25) is 5.91 Å². The van der Waals surface area contributed by atoms with Gasteiger partial charge in [-0.25, -0.2) is 0 Å². The zero-order valence-corrected chi connectivity index (χ0v) is 16.0. The number of hydrogen-bond donors (Lipinski definition) is 0. The lowest BCUT2D eigenvalue weighted by Gasteiger charge is -2.38. The highest BCUT2D eigenvalue weighted by Crippen LogP contribution is 2.35. The van der Waals surface area contributed by atoms with E-state index < -0.39 is 5.41 Å². The molecule has 0 bridgehead atoms. The predicted molar refractivity (Wildman–Crippen MR) is 103 cm³/mol. The number of rotatable bonds is 5. The first kappa shape index (κ1) is 18.9. The third-order valence-electron chi connectivity index (χ3n) is 6.18. The van der Waals surface area contributed by atoms with E-state index in [9.17, 15) is 10.1 Å². The van der Waals surface area contributed by atoms with E-state index in [1.165, 1.54) is 6.42 Å². The molecule has 0 aromatic heterocycles. The number of carbonyl (C=O) groups is 1. The number of piperidine rings is 1. The number of nitrogens with zero attached hydrogens (tertiary/aromatic N) is 4. The fourth-order valence-corrected chi connectivity index (χ4v) is 4.24. The van der Waals surface area contributed by atoms with Crippen LogP contribution in [0, 0.1) is 11.3 Å². The first-order valence-corrected chi connectivity index (χ1v) is 9.67. The number of likely N-dealkylation sites (tertiary alicyclic amines) is 2. The Morgan fingerprint density at radius 3 is 2.54 bits per heavy atom. The van der Waals surface area contributed by atoms with Gasteiger partial charge in [0.05, 0.1) is 11.5 Å². The molecule has 0 saturated carbocycles. The highest BCUT2D eigenvalue weighted by atomic mass is 16.2. The largest absolute Gasteiger partial charge is 0.343 e. The highest BCUT2D eigenvalue weighted by molar-refractivity contribution is 5.76. The molecule has 26 heavy (non-hydrogen) atoms. The maximum atomic E-state index is 12.6. The van der Waals surface area contributed by atoms with E-state index in [1.54, 1.807) is 0 Å². The van der Waals surface area contributed by atoms with E-state index >= 15 is 0 Å². The summed E-state index contributed by atoms with van der Waals surface area (Å²) >= 11 is 0. The van der Waals surface area contributed by atoms with E-state index in [2.05, 4.69) is 30.0 Å². The van der Waals surface area contributed by atoms with Crippen molar-refractivity contribution in [1.82, 2.24) is 14.7 Å². The lowest BCUT2D eigenvalue weighted by Crippen LogP contribution is -2.45. The van der Waals surface area contributed by atoms with E-state index in [1.807, 2.05) is 35.2 Å². The Balaban J connectivity index is 1.50. The van der Waals surface area contributed by atoms with Crippen LogP contribution in [0.3, 0.4) is 0 Å². The monoisotopic (exact) mass is 354 g/mol. The molecular weight excluding hydrogens is 324 g/mol. The van der Waals surface area contributed by atoms with Gasteiger partial charge < -0.3 is 14.7 Å². The van der Waals surface area contributed by atoms with Crippen LogP contribution in [-0.2, 0) is 10.2 Å². The zero-order chi connectivity index (χ0) is 18.6. The Labute approximate surface area is 157 Å². The van der Waals surface area contributed by atoms with E-state index in [-0.39, 0.29) is 5.91 Å². The van der Waals surface area contributed by atoms with E-state index in [4.69, 9.17) is 0 Å². The minimum atomic E-state index is -0.441. The van der Waals surface area contributed by atoms with Gasteiger partial charge in [-0.05, 0) is 45.5 Å². The molecule has 1 aromatic rings. The molecule has 0 N–H and O–H groups in total. The van der Waals surface area contributed by atoms with Crippen LogP contribution in [0.1, 0.15) is 31.2 Å². The standard InChI is InChI=1S/C21H30N4O/c1-23-12-8-19(16-23)24(2)13-9-20(26)25-14-10-21(17-22,11-15-25)18-6-4-3-5-7-18/h3-7,19H,8-16H2,1-2H3. The average molecular weight is 354 g/mol. The van der Waals surface area contributed by atoms with Crippen molar-refractivity contribution < 1.29 is 4.79 Å². The fraction of sp³-hybridized carbons (Fsp3) is 0.619. The Kier molecular flexibility index (Phi) is 5.95. The molecule has 1 amide bonds. The summed E-state index contributed by atoms with van der Waals surface area (Å²) in [7, 11) is 4.28. The molecule has 0 aliphatic carbocycles. The Morgan fingerprint density at radius 2 is 1.96 bits per heavy atom. The quantitative estimate of drug-likeness (QED) is 0.812. The molecule has 0 spiro atoms. The summed E-state index contributed by atoms with van der Waals surface area (Å²) in [5, 5.41) is 9.77. The summed E-state index contributed by atoms with van der Waals surface area (Å²) in [6.45, 7) is 4.41. The van der Waals surface area contributed by atoms with Gasteiger partial charge in [-0.1, -0.05) is 30.3 Å². The Bertz CT molecular complexity index is 646. The van der Waals surface area contributed by atoms with Gasteiger partial charge in [0, 0.05) is 38.6 Å². The van der Waals surface area contributed by atoms with Gasteiger partial charge >= 0.3 is 0 Å². The predicted octanol–water partition coefficient (Wildman–Crippen LogP) is 2.10. The van der Waals surface area contributed by atoms with Gasteiger partial charge in [-0.15, -0.1) is 0 Å². The van der Waals surface area contributed by atoms with Crippen LogP contribution in [0.5, 0.6) is 0 Å². The van der Waals surface area contributed by atoms with Crippen molar-refractivity contribution in [3.63, 3.8) is 0 Å². The molecule has 0 radical (unpaired) electrons. The van der Waals surface area contributed by atoms with Gasteiger partial charge in [0.15, 0.2) is 0 Å². The van der Waals surface area contributed by atoms with Crippen molar-refractivity contribution in [2.75, 3.05) is 46.8 Å². The molecule has 1 atom stereocenters. The van der Waals surface area contributed by atoms with E-state index in [0.29, 0.717) is 25.6 Å². The third kappa shape index (κ3) is 4.08. The summed E-state index contributed by atoms with van der Waals surface area (Å²) in [6, 6.07) is 13.1. The molecule has 2 heterocycles. The molecule has 3 rings (SSSR count). The van der Waals surface area contributed by atoms with Crippen LogP contribution < -0.4 is 0 Å². The van der Waals surface area contributed by atoms with Gasteiger partial charge in [0.25, 0.3) is 0 Å². The minimum absolute atomic E-state index is 0.225. The fourth-order valence-electron chi connectivity index (χ4n) is 4.24. The summed E-state index contributed by atoms with van der Waals surface area (Å²) < 4.78 is 0. The molecule has 5 nitrogen and oxygen atoms in total. The van der Waals surface area contributed by atoms with Crippen molar-refractivity contribution in [2.45, 2.75) is 37.1 Å². The van der Waals surface area contributed by atoms with Crippen LogP contribution in [-0.4, -0.2) is 73.5 Å². The number of hydrogen-bond acceptors (Lipinski definition) is 4. The van der Waals surface area contributed by atoms with Crippen molar-refractivity contribution >= 4 is 5.91 Å². The average Bonchev–Trinajstić information content (AvgIpc) is 3.13. The van der Waals surface area contributed by atoms with Crippen LogP contribution in [0.15, 0.2) is 30.3 Å². The van der Waals surface area contributed by atoms with Crippen molar-refractivity contribution in [3.8, 4) is 6.07 Å². The number of benzene rings is 1. The zero-order valence-electron chi connectivity index (χ0n) is 16.0. The molecule has 2 saturated heterocycles. The Hall–Kier alpha value is -1.90. The molecule has 5 heteroatoms. The van der Waals surface area contributed by atoms with Gasteiger partial charge in [-0.3, -0.25) is 4.79 Å². The van der Waals surface area contributed by atoms with Gasteiger partial charge in [-0.2, -0.15) is 5.26 Å². The summed E-state index contributed by atoms with van der Waals surface area (Å²) in [5.41, 5.74) is 0.642. The van der Waals surface area contributed by atoms with Crippen LogP contribution in [0.2, 0.25) is 0 Å². The second-order valence-corrected chi connectivity index (χ2v) is 7.88. The topological polar surface area (TPSA) is 50.6 Å². The normalized spacial score (nSPS) is 23.2. The van der Waals surface area contributed by atoms with E-state index in [0.717, 1.165) is 38.0 Å². The van der Waals surface area contributed by atoms with Gasteiger partial charge in [0.1, 0.15) is 0 Å². The van der Waals surface area contributed by atoms with Crippen molar-refractivity contribution in [3.05, 3.63) is 35.9 Å². The second-order valence-electron chi connectivity index (χ2n) is 7.88. The number of likely N-dealkylation sites (N-methyl/N-ethyl adjacent to an activating group) is 2. The van der Waals surface area contributed by atoms with Crippen molar-refractivity contribution in [2.24, 2.45) is 0 Å². The smallest absolute Gasteiger partial charge is 0.223 e. The lowest BCUT2D eigenvalue weighted by atomic mass is 9.74. The molecule has 140 valence electrons. The SMILES string of the molecule is CN1CCC(N(C)CCC(=O)N2CCC(C#N)(c3ccccc3)CC2)C1. The maximum Gasteiger partial charge on any atom is 0.223 e. The molecule has 2 aliphatic heterocycles. The summed E-state index contributed by atoms with van der Waals surface area (Å²) in [6.07, 6.45) is 3.21. The first-order valence-electron chi connectivity index (χ1n) is 9.67. The summed E-state index contributed by atoms with van der Waals surface area (Å²) in [5.74, 6) is 0.225. The first-order chi connectivity index (χ1) is 12.5. The van der Waals surface area contributed by atoms with Crippen LogP contribution in [0.25, 0.3) is 0 Å². The Morgan fingerprint density at radius 1 is 1.27 bits per heavy atom. The number of carbonyl (C=O) groups excluding carboxylic acids is 1. The minimum Gasteiger partial charge on any atom is -0.343 e. The molecule has 2 fully saturated rings.